The number of allylic oxidation sites excluding steroid dienone is 4. The lowest BCUT2D eigenvalue weighted by Gasteiger charge is -2.62. The summed E-state index contributed by atoms with van der Waals surface area (Å²) < 4.78 is 33.1. The topological polar surface area (TPSA) is 102 Å². The van der Waals surface area contributed by atoms with E-state index in [1.54, 1.807) is 6.92 Å². The molecule has 0 aromatic carbocycles. The summed E-state index contributed by atoms with van der Waals surface area (Å²) in [7, 11) is 0. The van der Waals surface area contributed by atoms with Crippen LogP contribution in [0.4, 0.5) is 8.78 Å². The van der Waals surface area contributed by atoms with E-state index in [-0.39, 0.29) is 48.3 Å². The average molecular weight is 563 g/mol. The second-order valence-corrected chi connectivity index (χ2v) is 13.6. The molecule has 10 heteroatoms. The van der Waals surface area contributed by atoms with Gasteiger partial charge in [0.1, 0.15) is 6.17 Å². The first-order chi connectivity index (χ1) is 18.0. The highest BCUT2D eigenvalue weighted by Gasteiger charge is 2.73. The molecule has 3 saturated carbocycles. The number of nitriles is 1. The molecular weight excluding hydrogens is 530 g/mol. The van der Waals surface area contributed by atoms with E-state index in [4.69, 9.17) is 5.26 Å². The normalized spacial score (nSPS) is 41.7. The standard InChI is InChI=1S/C28H32F2N2O4S2/c1-26-13-23(34)28(30)20(12-22(29)21-11-17(33)5-6-27(21,28)2)19(26)10-16(24(26)25(35)38-9-7-31)14-32(36)15-18-4-3-8-37-18/h3-6,8,11,16,19-20,22-24,34,36H,9-10,12-15H2,1-2H3/t16-,19?,20-,22-,23-,24+,26-,27-,28-/m0/s1. The van der Waals surface area contributed by atoms with Crippen LogP contribution in [-0.4, -0.2) is 56.5 Å². The number of halogens is 2. The van der Waals surface area contributed by atoms with E-state index in [0.29, 0.717) is 6.42 Å². The van der Waals surface area contributed by atoms with E-state index in [2.05, 4.69) is 0 Å². The van der Waals surface area contributed by atoms with Crippen molar-refractivity contribution in [2.75, 3.05) is 12.3 Å². The van der Waals surface area contributed by atoms with Gasteiger partial charge in [-0.3, -0.25) is 9.59 Å². The first kappa shape index (κ1) is 27.7. The van der Waals surface area contributed by atoms with E-state index < -0.39 is 52.3 Å². The number of ketones is 1. The van der Waals surface area contributed by atoms with Crippen molar-refractivity contribution in [3.63, 3.8) is 0 Å². The Morgan fingerprint density at radius 3 is 2.79 bits per heavy atom. The Kier molecular flexibility index (Phi) is 7.23. The molecule has 3 fully saturated rings. The van der Waals surface area contributed by atoms with Crippen LogP contribution in [0.25, 0.3) is 0 Å². The summed E-state index contributed by atoms with van der Waals surface area (Å²) in [5.41, 5.74) is -4.49. The number of aliphatic hydroxyl groups is 1. The maximum atomic E-state index is 17.4. The minimum absolute atomic E-state index is 0.0113. The Bertz CT molecular complexity index is 1220. The summed E-state index contributed by atoms with van der Waals surface area (Å²) in [6.45, 7) is 3.86. The molecule has 1 heterocycles. The zero-order valence-corrected chi connectivity index (χ0v) is 23.0. The third-order valence-corrected chi connectivity index (χ3v) is 11.4. The minimum Gasteiger partial charge on any atom is -0.390 e. The molecule has 0 spiro atoms. The van der Waals surface area contributed by atoms with Gasteiger partial charge < -0.3 is 10.3 Å². The highest BCUT2D eigenvalue weighted by molar-refractivity contribution is 8.13. The number of hydrogen-bond donors (Lipinski definition) is 2. The van der Waals surface area contributed by atoms with E-state index in [1.165, 1.54) is 34.6 Å². The van der Waals surface area contributed by atoms with Crippen molar-refractivity contribution in [1.82, 2.24) is 5.06 Å². The zero-order chi connectivity index (χ0) is 27.5. The van der Waals surface area contributed by atoms with Gasteiger partial charge in [0.25, 0.3) is 0 Å². The molecule has 5 rings (SSSR count). The number of carbonyl (C=O) groups is 2. The quantitative estimate of drug-likeness (QED) is 0.477. The summed E-state index contributed by atoms with van der Waals surface area (Å²) in [5, 5.41) is 34.2. The fourth-order valence-corrected chi connectivity index (χ4v) is 9.70. The van der Waals surface area contributed by atoms with Crippen LogP contribution < -0.4 is 0 Å². The summed E-state index contributed by atoms with van der Waals surface area (Å²) in [6.07, 6.45) is 0.968. The lowest BCUT2D eigenvalue weighted by atomic mass is 9.45. The van der Waals surface area contributed by atoms with Crippen molar-refractivity contribution >= 4 is 34.0 Å². The number of hydrogen-bond acceptors (Lipinski definition) is 8. The van der Waals surface area contributed by atoms with Crippen molar-refractivity contribution in [3.8, 4) is 6.07 Å². The van der Waals surface area contributed by atoms with E-state index in [0.717, 1.165) is 16.6 Å². The molecule has 4 aliphatic carbocycles. The number of hydroxylamine groups is 2. The smallest absolute Gasteiger partial charge is 0.193 e. The summed E-state index contributed by atoms with van der Waals surface area (Å²) in [5.74, 6) is -2.76. The second kappa shape index (κ2) is 9.93. The SMILES string of the molecule is C[C@]12C[C@H](O)[C@@]3(F)[C@@H](C[C@H](F)C4=CC(=O)C=C[C@@]43C)C1C[C@@H](CN(O)Cc1cccs1)[C@@H]2C(=O)SCC#N. The third kappa shape index (κ3) is 4.13. The van der Waals surface area contributed by atoms with Crippen LogP contribution in [0.15, 0.2) is 41.3 Å². The fourth-order valence-electron chi connectivity index (χ4n) is 8.14. The second-order valence-electron chi connectivity index (χ2n) is 11.6. The van der Waals surface area contributed by atoms with Gasteiger partial charge in [-0.2, -0.15) is 10.3 Å². The molecule has 4 aliphatic rings. The maximum absolute atomic E-state index is 17.4. The van der Waals surface area contributed by atoms with Crippen LogP contribution in [0.2, 0.25) is 0 Å². The fraction of sp³-hybridized carbons (Fsp3) is 0.607. The van der Waals surface area contributed by atoms with Crippen LogP contribution in [-0.2, 0) is 16.1 Å². The Labute approximate surface area is 229 Å². The van der Waals surface area contributed by atoms with Gasteiger partial charge in [-0.15, -0.1) is 11.3 Å². The van der Waals surface area contributed by atoms with E-state index in [9.17, 15) is 19.9 Å². The van der Waals surface area contributed by atoms with Gasteiger partial charge >= 0.3 is 0 Å². The molecule has 0 radical (unpaired) electrons. The largest absolute Gasteiger partial charge is 0.390 e. The molecule has 38 heavy (non-hydrogen) atoms. The molecule has 1 unspecified atom stereocenters. The molecule has 0 aliphatic heterocycles. The zero-order valence-electron chi connectivity index (χ0n) is 21.3. The number of thiophene rings is 1. The molecular formula is C28H32F2N2O4S2. The van der Waals surface area contributed by atoms with Gasteiger partial charge in [0.2, 0.25) is 0 Å². The highest BCUT2D eigenvalue weighted by Crippen LogP contribution is 2.70. The predicted molar refractivity (Wildman–Crippen MR) is 141 cm³/mol. The Morgan fingerprint density at radius 2 is 2.11 bits per heavy atom. The van der Waals surface area contributed by atoms with Crippen molar-refractivity contribution in [1.29, 1.82) is 5.26 Å². The number of rotatable bonds is 6. The van der Waals surface area contributed by atoms with Crippen molar-refractivity contribution in [2.24, 2.45) is 34.5 Å². The molecule has 9 atom stereocenters. The monoisotopic (exact) mass is 562 g/mol. The molecule has 0 bridgehead atoms. The molecule has 0 saturated heterocycles. The lowest BCUT2D eigenvalue weighted by molar-refractivity contribution is -0.201. The lowest BCUT2D eigenvalue weighted by Crippen LogP contribution is -2.68. The summed E-state index contributed by atoms with van der Waals surface area (Å²) in [6, 6.07) is 5.77. The Hall–Kier alpha value is -1.90. The van der Waals surface area contributed by atoms with Gasteiger partial charge in [-0.25, -0.2) is 8.78 Å². The van der Waals surface area contributed by atoms with Gasteiger partial charge in [0, 0.05) is 28.7 Å². The van der Waals surface area contributed by atoms with Crippen LogP contribution in [0.3, 0.4) is 0 Å². The third-order valence-electron chi connectivity index (χ3n) is 9.70. The van der Waals surface area contributed by atoms with Gasteiger partial charge in [0.15, 0.2) is 16.6 Å². The number of nitrogens with zero attached hydrogens (tertiary/aromatic N) is 2. The van der Waals surface area contributed by atoms with Crippen LogP contribution in [0, 0.1) is 45.8 Å². The van der Waals surface area contributed by atoms with Gasteiger partial charge in [-0.1, -0.05) is 30.8 Å². The van der Waals surface area contributed by atoms with Crippen molar-refractivity contribution in [3.05, 3.63) is 46.2 Å². The number of aliphatic hydroxyl groups excluding tert-OH is 1. The average Bonchev–Trinajstić information content (AvgIpc) is 3.46. The number of alkyl halides is 2. The molecule has 2 N–H and O–H groups in total. The number of fused-ring (bicyclic) bond motifs is 5. The van der Waals surface area contributed by atoms with Crippen molar-refractivity contribution in [2.45, 2.75) is 57.6 Å². The molecule has 204 valence electrons. The first-order valence-electron chi connectivity index (χ1n) is 12.9. The van der Waals surface area contributed by atoms with Gasteiger partial charge in [0.05, 0.1) is 24.5 Å². The number of thioether (sulfide) groups is 1. The Balaban J connectivity index is 1.52. The minimum atomic E-state index is -2.22. The number of carbonyl (C=O) groups excluding carboxylic acids is 2. The molecule has 6 nitrogen and oxygen atoms in total. The molecule has 1 aromatic rings. The Morgan fingerprint density at radius 1 is 1.34 bits per heavy atom. The van der Waals surface area contributed by atoms with Crippen LogP contribution in [0.5, 0.6) is 0 Å². The first-order valence-corrected chi connectivity index (χ1v) is 14.8. The summed E-state index contributed by atoms with van der Waals surface area (Å²) in [4.78, 5) is 26.5. The predicted octanol–water partition coefficient (Wildman–Crippen LogP) is 4.88. The highest BCUT2D eigenvalue weighted by atomic mass is 32.2. The van der Waals surface area contributed by atoms with Crippen molar-refractivity contribution < 1.29 is 28.7 Å². The van der Waals surface area contributed by atoms with Crippen LogP contribution >= 0.6 is 23.1 Å². The van der Waals surface area contributed by atoms with E-state index >= 15 is 8.78 Å². The maximum Gasteiger partial charge on any atom is 0.193 e. The molecule has 1 aromatic heterocycles. The van der Waals surface area contributed by atoms with E-state index in [1.807, 2.05) is 30.5 Å². The van der Waals surface area contributed by atoms with Crippen LogP contribution in [0.1, 0.15) is 38.0 Å². The molecule has 0 amide bonds. The summed E-state index contributed by atoms with van der Waals surface area (Å²) >= 11 is 2.41. The van der Waals surface area contributed by atoms with Gasteiger partial charge in [-0.05, 0) is 72.6 Å².